The van der Waals surface area contributed by atoms with Crippen LogP contribution in [0.4, 0.5) is 19.3 Å². The number of aryl methyl sites for hydroxylation is 1. The number of amides is 3. The van der Waals surface area contributed by atoms with Crippen molar-refractivity contribution in [3.63, 3.8) is 0 Å². The van der Waals surface area contributed by atoms with Gasteiger partial charge in [0.1, 0.15) is 23.7 Å². The standard InChI is InChI=1S/C23H25F2N3O4/c1-13(2)28-20-9-7-17(25)12-15(20)6-8-18(22(28)30)26-21(29)19(27-23(31)32)11-14-4-3-5-16(24)10-14/h3-5,7,9-10,12-13,18-19,27H,6,8,11H2,1-2H3,(H,26,29)(H,31,32). The van der Waals surface area contributed by atoms with E-state index in [1.54, 1.807) is 12.1 Å². The summed E-state index contributed by atoms with van der Waals surface area (Å²) in [6, 6.07) is 7.31. The Hall–Kier alpha value is -3.49. The maximum Gasteiger partial charge on any atom is 0.405 e. The number of fused-ring (bicyclic) bond motifs is 1. The Kier molecular flexibility index (Phi) is 7.07. The zero-order valence-corrected chi connectivity index (χ0v) is 17.8. The Morgan fingerprint density at radius 1 is 1.16 bits per heavy atom. The first kappa shape index (κ1) is 23.2. The van der Waals surface area contributed by atoms with Crippen LogP contribution >= 0.6 is 0 Å². The van der Waals surface area contributed by atoms with Gasteiger partial charge in [-0.3, -0.25) is 9.59 Å². The molecule has 0 saturated carbocycles. The van der Waals surface area contributed by atoms with E-state index in [4.69, 9.17) is 5.11 Å². The lowest BCUT2D eigenvalue weighted by Crippen LogP contribution is -2.55. The molecule has 170 valence electrons. The van der Waals surface area contributed by atoms with Gasteiger partial charge in [-0.15, -0.1) is 0 Å². The fourth-order valence-electron chi connectivity index (χ4n) is 3.90. The van der Waals surface area contributed by atoms with Crippen molar-refractivity contribution in [3.05, 3.63) is 65.2 Å². The number of hydrogen-bond acceptors (Lipinski definition) is 3. The van der Waals surface area contributed by atoms with E-state index in [0.29, 0.717) is 23.2 Å². The molecule has 0 fully saturated rings. The van der Waals surface area contributed by atoms with Gasteiger partial charge in [0.2, 0.25) is 11.8 Å². The molecule has 0 bridgehead atoms. The molecule has 32 heavy (non-hydrogen) atoms. The molecule has 0 saturated heterocycles. The largest absolute Gasteiger partial charge is 0.465 e. The molecular weight excluding hydrogens is 420 g/mol. The summed E-state index contributed by atoms with van der Waals surface area (Å²) in [6.45, 7) is 3.63. The van der Waals surface area contributed by atoms with Gasteiger partial charge in [0, 0.05) is 18.2 Å². The van der Waals surface area contributed by atoms with E-state index in [-0.39, 0.29) is 24.8 Å². The van der Waals surface area contributed by atoms with Crippen LogP contribution in [0.25, 0.3) is 0 Å². The van der Waals surface area contributed by atoms with Crippen molar-refractivity contribution in [1.82, 2.24) is 10.6 Å². The van der Waals surface area contributed by atoms with Crippen LogP contribution < -0.4 is 15.5 Å². The van der Waals surface area contributed by atoms with Gasteiger partial charge < -0.3 is 20.6 Å². The number of rotatable bonds is 6. The first-order chi connectivity index (χ1) is 15.2. The van der Waals surface area contributed by atoms with Gasteiger partial charge in [0.25, 0.3) is 0 Å². The molecule has 0 aliphatic carbocycles. The van der Waals surface area contributed by atoms with Crippen molar-refractivity contribution >= 4 is 23.6 Å². The number of halogens is 2. The minimum absolute atomic E-state index is 0.0872. The number of nitrogens with zero attached hydrogens (tertiary/aromatic N) is 1. The summed E-state index contributed by atoms with van der Waals surface area (Å²) in [6.07, 6.45) is -0.922. The molecule has 0 aromatic heterocycles. The fraction of sp³-hybridized carbons (Fsp3) is 0.348. The Bertz CT molecular complexity index is 1030. The van der Waals surface area contributed by atoms with Crippen LogP contribution in [0.3, 0.4) is 0 Å². The van der Waals surface area contributed by atoms with Crippen LogP contribution in [0.15, 0.2) is 42.5 Å². The maximum absolute atomic E-state index is 13.8. The van der Waals surface area contributed by atoms with Gasteiger partial charge in [-0.05, 0) is 68.1 Å². The van der Waals surface area contributed by atoms with E-state index < -0.39 is 35.7 Å². The summed E-state index contributed by atoms with van der Waals surface area (Å²) < 4.78 is 27.3. The Morgan fingerprint density at radius 3 is 2.53 bits per heavy atom. The molecule has 2 aromatic carbocycles. The molecule has 1 aliphatic heterocycles. The predicted molar refractivity (Wildman–Crippen MR) is 114 cm³/mol. The number of benzene rings is 2. The molecule has 9 heteroatoms. The van der Waals surface area contributed by atoms with Crippen molar-refractivity contribution in [1.29, 1.82) is 0 Å². The van der Waals surface area contributed by atoms with Gasteiger partial charge in [0.05, 0.1) is 0 Å². The number of anilines is 1. The van der Waals surface area contributed by atoms with E-state index in [0.717, 1.165) is 0 Å². The van der Waals surface area contributed by atoms with Crippen molar-refractivity contribution in [2.24, 2.45) is 0 Å². The van der Waals surface area contributed by atoms with Crippen LogP contribution in [-0.4, -0.2) is 41.1 Å². The second-order valence-corrected chi connectivity index (χ2v) is 8.01. The van der Waals surface area contributed by atoms with E-state index in [9.17, 15) is 23.2 Å². The van der Waals surface area contributed by atoms with Gasteiger partial charge in [0.15, 0.2) is 0 Å². The summed E-state index contributed by atoms with van der Waals surface area (Å²) >= 11 is 0. The summed E-state index contributed by atoms with van der Waals surface area (Å²) in [4.78, 5) is 38.9. The smallest absolute Gasteiger partial charge is 0.405 e. The van der Waals surface area contributed by atoms with Crippen LogP contribution in [-0.2, 0) is 22.4 Å². The molecule has 0 spiro atoms. The molecule has 0 radical (unpaired) electrons. The van der Waals surface area contributed by atoms with Crippen LogP contribution in [0.1, 0.15) is 31.4 Å². The van der Waals surface area contributed by atoms with E-state index in [2.05, 4.69) is 10.6 Å². The minimum Gasteiger partial charge on any atom is -0.465 e. The lowest BCUT2D eigenvalue weighted by molar-refractivity contribution is -0.129. The molecule has 1 aliphatic rings. The molecule has 7 nitrogen and oxygen atoms in total. The second kappa shape index (κ2) is 9.76. The molecule has 3 rings (SSSR count). The molecule has 3 amide bonds. The SMILES string of the molecule is CC(C)N1C(=O)C(NC(=O)C(Cc2cccc(F)c2)NC(=O)O)CCc2cc(F)ccc21. The minimum atomic E-state index is -1.42. The third-order valence-electron chi connectivity index (χ3n) is 5.31. The van der Waals surface area contributed by atoms with Crippen molar-refractivity contribution in [2.45, 2.75) is 51.2 Å². The van der Waals surface area contributed by atoms with E-state index in [1.165, 1.54) is 35.2 Å². The van der Waals surface area contributed by atoms with Crippen LogP contribution in [0.5, 0.6) is 0 Å². The van der Waals surface area contributed by atoms with E-state index >= 15 is 0 Å². The van der Waals surface area contributed by atoms with Gasteiger partial charge in [-0.25, -0.2) is 13.6 Å². The van der Waals surface area contributed by atoms with Crippen LogP contribution in [0.2, 0.25) is 0 Å². The predicted octanol–water partition coefficient (Wildman–Crippen LogP) is 3.02. The van der Waals surface area contributed by atoms with Gasteiger partial charge in [-0.2, -0.15) is 0 Å². The number of hydrogen-bond donors (Lipinski definition) is 3. The number of carbonyl (C=O) groups is 3. The lowest BCUT2D eigenvalue weighted by Gasteiger charge is -2.30. The third kappa shape index (κ3) is 5.40. The summed E-state index contributed by atoms with van der Waals surface area (Å²) in [5, 5.41) is 13.9. The fourth-order valence-corrected chi connectivity index (χ4v) is 3.90. The highest BCUT2D eigenvalue weighted by Gasteiger charge is 2.34. The topological polar surface area (TPSA) is 98.7 Å². The highest BCUT2D eigenvalue weighted by Crippen LogP contribution is 2.29. The number of carbonyl (C=O) groups excluding carboxylic acids is 2. The Labute approximate surface area is 184 Å². The third-order valence-corrected chi connectivity index (χ3v) is 5.31. The highest BCUT2D eigenvalue weighted by molar-refractivity contribution is 6.01. The molecule has 2 atom stereocenters. The molecule has 3 N–H and O–H groups in total. The molecule has 1 heterocycles. The maximum atomic E-state index is 13.8. The van der Waals surface area contributed by atoms with Crippen molar-refractivity contribution in [3.8, 4) is 0 Å². The summed E-state index contributed by atoms with van der Waals surface area (Å²) in [7, 11) is 0. The first-order valence-electron chi connectivity index (χ1n) is 10.3. The van der Waals surface area contributed by atoms with Crippen LogP contribution in [0, 0.1) is 11.6 Å². The quantitative estimate of drug-likeness (QED) is 0.637. The zero-order valence-electron chi connectivity index (χ0n) is 17.8. The molecular formula is C23H25F2N3O4. The molecule has 2 unspecified atom stereocenters. The highest BCUT2D eigenvalue weighted by atomic mass is 19.1. The zero-order chi connectivity index (χ0) is 23.4. The lowest BCUT2D eigenvalue weighted by atomic mass is 10.0. The van der Waals surface area contributed by atoms with E-state index in [1.807, 2.05) is 13.8 Å². The number of nitrogens with one attached hydrogen (secondary N) is 2. The van der Waals surface area contributed by atoms with Gasteiger partial charge in [-0.1, -0.05) is 12.1 Å². The average molecular weight is 445 g/mol. The average Bonchev–Trinajstić information content (AvgIpc) is 2.83. The van der Waals surface area contributed by atoms with Crippen molar-refractivity contribution < 1.29 is 28.3 Å². The summed E-state index contributed by atoms with van der Waals surface area (Å²) in [5.74, 6) is -1.98. The van der Waals surface area contributed by atoms with Gasteiger partial charge >= 0.3 is 6.09 Å². The summed E-state index contributed by atoms with van der Waals surface area (Å²) in [5.41, 5.74) is 1.67. The van der Waals surface area contributed by atoms with Crippen molar-refractivity contribution in [2.75, 3.05) is 4.90 Å². The Morgan fingerprint density at radius 2 is 1.88 bits per heavy atom. The molecule has 2 aromatic rings. The Balaban J connectivity index is 1.82. The normalized spacial score (nSPS) is 16.8. The first-order valence-corrected chi connectivity index (χ1v) is 10.3. The monoisotopic (exact) mass is 445 g/mol. The number of carboxylic acid groups (broad SMARTS) is 1. The second-order valence-electron chi connectivity index (χ2n) is 8.01.